The van der Waals surface area contributed by atoms with E-state index >= 15 is 0 Å². The fraction of sp³-hybridized carbons (Fsp3) is 0.190. The minimum Gasteiger partial charge on any atom is -0.299 e. The van der Waals surface area contributed by atoms with Crippen LogP contribution in [0, 0.1) is 11.6 Å². The molecule has 2 aromatic rings. The van der Waals surface area contributed by atoms with Crippen molar-refractivity contribution < 1.29 is 13.6 Å². The zero-order valence-electron chi connectivity index (χ0n) is 17.5. The van der Waals surface area contributed by atoms with Crippen LogP contribution in [0.2, 0.25) is 0 Å². The lowest BCUT2D eigenvalue weighted by molar-refractivity contribution is -0.104. The molecule has 2 heterocycles. The van der Waals surface area contributed by atoms with Crippen LogP contribution in [0.1, 0.15) is 13.8 Å². The molecule has 0 spiro atoms. The first-order valence-electron chi connectivity index (χ1n) is 10.1. The summed E-state index contributed by atoms with van der Waals surface area (Å²) in [7, 11) is 0. The number of amidine groups is 2. The maximum absolute atomic E-state index is 13.5. The molecule has 11 heteroatoms. The van der Waals surface area contributed by atoms with E-state index in [0.29, 0.717) is 48.0 Å². The van der Waals surface area contributed by atoms with Crippen LogP contribution in [0.4, 0.5) is 20.2 Å². The minimum atomic E-state index is -0.364. The normalized spacial score (nSPS) is 16.4. The molecule has 32 heavy (non-hydrogen) atoms. The first kappa shape index (κ1) is 21.4. The molecule has 0 bridgehead atoms. The second-order valence-electron chi connectivity index (χ2n) is 6.80. The maximum atomic E-state index is 13.5. The topological polar surface area (TPSA) is 78.8 Å². The van der Waals surface area contributed by atoms with Crippen molar-refractivity contribution in [3.05, 3.63) is 71.8 Å². The molecular weight excluding hydrogens is 418 g/mol. The van der Waals surface area contributed by atoms with Crippen LogP contribution in [0.15, 0.2) is 70.4 Å². The van der Waals surface area contributed by atoms with Crippen molar-refractivity contribution in [1.82, 2.24) is 21.3 Å². The number of carbonyl (C=O) groups excluding carboxylic acids is 1. The first-order chi connectivity index (χ1) is 15.6. The van der Waals surface area contributed by atoms with Crippen molar-refractivity contribution in [2.24, 2.45) is 10.2 Å². The van der Waals surface area contributed by atoms with Gasteiger partial charge in [-0.05, 0) is 68.5 Å². The van der Waals surface area contributed by atoms with E-state index in [1.807, 2.05) is 13.8 Å². The Kier molecular flexibility index (Phi) is 6.10. The number of rotatable bonds is 7. The number of aldehydes is 1. The Hall–Kier alpha value is -3.83. The van der Waals surface area contributed by atoms with Crippen LogP contribution in [-0.2, 0) is 4.79 Å². The average Bonchev–Trinajstić information content (AvgIpc) is 3.43. The van der Waals surface area contributed by atoms with E-state index in [4.69, 9.17) is 0 Å². The molecule has 0 saturated carbocycles. The van der Waals surface area contributed by atoms with E-state index in [0.717, 1.165) is 0 Å². The van der Waals surface area contributed by atoms with Crippen LogP contribution in [0.5, 0.6) is 0 Å². The number of hydrazone groups is 2. The Morgan fingerprint density at radius 1 is 0.812 bits per heavy atom. The molecule has 0 fully saturated rings. The predicted octanol–water partition coefficient (Wildman–Crippen LogP) is 2.54. The summed E-state index contributed by atoms with van der Waals surface area (Å²) in [6.07, 6.45) is 2.00. The number of hydrazine groups is 4. The van der Waals surface area contributed by atoms with Gasteiger partial charge in [0.05, 0.1) is 16.9 Å². The van der Waals surface area contributed by atoms with Gasteiger partial charge >= 0.3 is 0 Å². The third kappa shape index (κ3) is 3.90. The van der Waals surface area contributed by atoms with Gasteiger partial charge in [-0.3, -0.25) is 4.79 Å². The van der Waals surface area contributed by atoms with Crippen LogP contribution >= 0.6 is 0 Å². The molecule has 0 atom stereocenters. The van der Waals surface area contributed by atoms with Crippen molar-refractivity contribution in [3.63, 3.8) is 0 Å². The quantitative estimate of drug-likeness (QED) is 0.506. The summed E-state index contributed by atoms with van der Waals surface area (Å²) in [6.45, 7) is 4.91. The third-order valence-corrected chi connectivity index (χ3v) is 4.88. The Balaban J connectivity index is 1.76. The molecule has 0 aromatic heterocycles. The molecule has 2 aliphatic heterocycles. The SMILES string of the molecule is CCN1NN=C(C(=CC=O)C2=NNN(CC)N2c2ccc(F)cc2)N1c1ccc(F)cc1. The molecule has 0 amide bonds. The van der Waals surface area contributed by atoms with Crippen LogP contribution in [-0.4, -0.2) is 41.3 Å². The molecule has 166 valence electrons. The van der Waals surface area contributed by atoms with Gasteiger partial charge in [-0.15, -0.1) is 20.4 Å². The molecule has 0 saturated heterocycles. The first-order valence-corrected chi connectivity index (χ1v) is 10.1. The zero-order chi connectivity index (χ0) is 22.7. The lowest BCUT2D eigenvalue weighted by atomic mass is 10.1. The van der Waals surface area contributed by atoms with E-state index in [1.165, 1.54) is 30.3 Å². The maximum Gasteiger partial charge on any atom is 0.181 e. The second kappa shape index (κ2) is 9.12. The van der Waals surface area contributed by atoms with E-state index in [2.05, 4.69) is 21.3 Å². The summed E-state index contributed by atoms with van der Waals surface area (Å²) in [5, 5.41) is 15.7. The largest absolute Gasteiger partial charge is 0.299 e. The zero-order valence-corrected chi connectivity index (χ0v) is 17.5. The van der Waals surface area contributed by atoms with Crippen molar-refractivity contribution in [1.29, 1.82) is 0 Å². The number of anilines is 2. The Morgan fingerprint density at radius 3 is 1.56 bits per heavy atom. The van der Waals surface area contributed by atoms with Crippen molar-refractivity contribution in [2.45, 2.75) is 13.8 Å². The summed E-state index contributed by atoms with van der Waals surface area (Å²) in [4.78, 5) is 11.6. The van der Waals surface area contributed by atoms with Crippen LogP contribution < -0.4 is 21.1 Å². The Bertz CT molecular complexity index is 989. The van der Waals surface area contributed by atoms with Crippen molar-refractivity contribution >= 4 is 29.3 Å². The van der Waals surface area contributed by atoms with Gasteiger partial charge in [0, 0.05) is 13.1 Å². The van der Waals surface area contributed by atoms with Crippen LogP contribution in [0.3, 0.4) is 0 Å². The third-order valence-electron chi connectivity index (χ3n) is 4.88. The number of hydrogen-bond acceptors (Lipinski definition) is 9. The van der Waals surface area contributed by atoms with Gasteiger partial charge in [-0.2, -0.15) is 0 Å². The molecule has 2 aliphatic rings. The van der Waals surface area contributed by atoms with Gasteiger partial charge in [0.25, 0.3) is 0 Å². The van der Waals surface area contributed by atoms with Gasteiger partial charge in [0.15, 0.2) is 11.7 Å². The van der Waals surface area contributed by atoms with E-state index < -0.39 is 0 Å². The lowest BCUT2D eigenvalue weighted by Crippen LogP contribution is -2.50. The van der Waals surface area contributed by atoms with Crippen LogP contribution in [0.25, 0.3) is 0 Å². The predicted molar refractivity (Wildman–Crippen MR) is 118 cm³/mol. The molecule has 9 nitrogen and oxygen atoms in total. The molecular formula is C21H22F2N8O. The second-order valence-corrected chi connectivity index (χ2v) is 6.80. The fourth-order valence-corrected chi connectivity index (χ4v) is 3.40. The number of allylic oxidation sites excluding steroid dienone is 1. The number of nitrogens with one attached hydrogen (secondary N) is 2. The van der Waals surface area contributed by atoms with Gasteiger partial charge in [-0.1, -0.05) is 0 Å². The summed E-state index contributed by atoms with van der Waals surface area (Å²) >= 11 is 0. The highest BCUT2D eigenvalue weighted by Gasteiger charge is 2.37. The molecule has 2 N–H and O–H groups in total. The summed E-state index contributed by atoms with van der Waals surface area (Å²) in [6, 6.07) is 11.9. The van der Waals surface area contributed by atoms with Crippen molar-refractivity contribution in [2.75, 3.05) is 23.1 Å². The number of halogens is 2. The van der Waals surface area contributed by atoms with E-state index in [-0.39, 0.29) is 11.6 Å². The Morgan fingerprint density at radius 2 is 1.22 bits per heavy atom. The van der Waals surface area contributed by atoms with Gasteiger partial charge < -0.3 is 0 Å². The Labute approximate surface area is 183 Å². The van der Waals surface area contributed by atoms with E-state index in [1.54, 1.807) is 44.5 Å². The highest BCUT2D eigenvalue weighted by Crippen LogP contribution is 2.27. The summed E-state index contributed by atoms with van der Waals surface area (Å²) in [5.41, 5.74) is 7.50. The standard InChI is InChI=1S/C21H22F2N8O/c1-3-28-26-24-20(30(28)17-9-5-15(22)6-10-17)19(13-14-32)21-25-27-29(4-2)31(21)18-11-7-16(23)8-12-18/h5-14,26-27H,3-4H2,1-2H3. The monoisotopic (exact) mass is 440 g/mol. The number of hydrogen-bond donors (Lipinski definition) is 2. The average molecular weight is 440 g/mol. The fourth-order valence-electron chi connectivity index (χ4n) is 3.40. The molecule has 0 unspecified atom stereocenters. The lowest BCUT2D eigenvalue weighted by Gasteiger charge is -2.31. The highest BCUT2D eigenvalue weighted by atomic mass is 19.1. The van der Waals surface area contributed by atoms with Gasteiger partial charge in [-0.25, -0.2) is 29.9 Å². The number of nitrogens with zero attached hydrogens (tertiary/aromatic N) is 6. The highest BCUT2D eigenvalue weighted by molar-refractivity contribution is 6.32. The summed E-state index contributed by atoms with van der Waals surface area (Å²) < 4.78 is 27.0. The summed E-state index contributed by atoms with van der Waals surface area (Å²) in [5.74, 6) is 0.0421. The molecule has 4 rings (SSSR count). The van der Waals surface area contributed by atoms with Gasteiger partial charge in [0.2, 0.25) is 0 Å². The van der Waals surface area contributed by atoms with E-state index in [9.17, 15) is 13.6 Å². The molecule has 0 radical (unpaired) electrons. The smallest absolute Gasteiger partial charge is 0.181 e. The number of benzene rings is 2. The molecule has 0 aliphatic carbocycles. The molecule has 2 aromatic carbocycles. The van der Waals surface area contributed by atoms with Crippen molar-refractivity contribution in [3.8, 4) is 0 Å². The minimum absolute atomic E-state index is 0.364. The van der Waals surface area contributed by atoms with Gasteiger partial charge in [0.1, 0.15) is 17.9 Å². The number of carbonyl (C=O) groups is 1.